The molecule has 0 fully saturated rings. The van der Waals surface area contributed by atoms with Gasteiger partial charge in [0.05, 0.1) is 0 Å². The van der Waals surface area contributed by atoms with Gasteiger partial charge in [0.2, 0.25) is 0 Å². The number of methoxy groups -OCH3 is 1. The molecule has 0 aliphatic heterocycles. The van der Waals surface area contributed by atoms with Crippen LogP contribution in [0.5, 0.6) is 0 Å². The second-order valence-electron chi connectivity index (χ2n) is 6.13. The van der Waals surface area contributed by atoms with E-state index in [1.165, 1.54) is 10.7 Å². The van der Waals surface area contributed by atoms with Crippen LogP contribution in [0.3, 0.4) is 0 Å². The topological polar surface area (TPSA) is 26.3 Å². The monoisotopic (exact) mass is 380 g/mol. The Balaban J connectivity index is 3.16. The number of carbonyl (C=O) groups is 1. The van der Waals surface area contributed by atoms with E-state index in [2.05, 4.69) is 20.9 Å². The predicted octanol–water partition coefficient (Wildman–Crippen LogP) is 4.15. The van der Waals surface area contributed by atoms with E-state index in [4.69, 9.17) is 16.3 Å². The van der Waals surface area contributed by atoms with Crippen molar-refractivity contribution in [2.45, 2.75) is 46.9 Å². The number of hydrogen-bond donors (Lipinski definition) is 0. The Morgan fingerprint density at radius 1 is 1.50 bits per heavy atom. The van der Waals surface area contributed by atoms with E-state index in [9.17, 15) is 4.79 Å². The molecule has 0 bridgehead atoms. The SMILES string of the molecule is COC(=O)C1(CCCCl)CCCC=[C]1[Sn]([CH3])([CH3])[CH3]. The maximum absolute atomic E-state index is 12.4. The van der Waals surface area contributed by atoms with E-state index in [1.807, 2.05) is 0 Å². The predicted molar refractivity (Wildman–Crippen MR) is 79.7 cm³/mol. The third-order valence-corrected chi connectivity index (χ3v) is 10.6. The molecule has 0 aromatic rings. The molecule has 1 aliphatic rings. The summed E-state index contributed by atoms with van der Waals surface area (Å²) in [4.78, 5) is 19.5. The normalized spacial score (nSPS) is 24.6. The molecule has 0 amide bonds. The second kappa shape index (κ2) is 6.64. The van der Waals surface area contributed by atoms with Gasteiger partial charge in [-0.3, -0.25) is 0 Å². The molecule has 0 heterocycles. The number of hydrogen-bond acceptors (Lipinski definition) is 2. The van der Waals surface area contributed by atoms with Crippen LogP contribution in [0.25, 0.3) is 0 Å². The van der Waals surface area contributed by atoms with Crippen LogP contribution in [-0.2, 0) is 9.53 Å². The fourth-order valence-corrected chi connectivity index (χ4v) is 10.5. The zero-order valence-electron chi connectivity index (χ0n) is 12.0. The molecule has 1 aliphatic carbocycles. The van der Waals surface area contributed by atoms with Crippen LogP contribution in [0.4, 0.5) is 0 Å². The first-order valence-corrected chi connectivity index (χ1v) is 17.3. The van der Waals surface area contributed by atoms with Crippen LogP contribution in [0.2, 0.25) is 14.8 Å². The molecule has 1 rings (SSSR count). The molecule has 1 unspecified atom stereocenters. The van der Waals surface area contributed by atoms with Gasteiger partial charge in [0, 0.05) is 0 Å². The Labute approximate surface area is 120 Å². The average Bonchev–Trinajstić information content (AvgIpc) is 2.34. The fraction of sp³-hybridized carbons (Fsp3) is 0.786. The number of rotatable bonds is 5. The third-order valence-electron chi connectivity index (χ3n) is 3.79. The number of esters is 1. The van der Waals surface area contributed by atoms with Crippen molar-refractivity contribution in [1.82, 2.24) is 0 Å². The van der Waals surface area contributed by atoms with Crippen LogP contribution in [0.15, 0.2) is 9.67 Å². The number of alkyl halides is 1. The number of allylic oxidation sites excluding steroid dienone is 1. The van der Waals surface area contributed by atoms with Gasteiger partial charge in [-0.25, -0.2) is 0 Å². The summed E-state index contributed by atoms with van der Waals surface area (Å²) in [5.74, 6) is 0.580. The van der Waals surface area contributed by atoms with Gasteiger partial charge < -0.3 is 0 Å². The van der Waals surface area contributed by atoms with E-state index >= 15 is 0 Å². The molecule has 2 nitrogen and oxygen atoms in total. The molecule has 0 aromatic carbocycles. The van der Waals surface area contributed by atoms with Crippen LogP contribution in [-0.4, -0.2) is 37.3 Å². The van der Waals surface area contributed by atoms with E-state index in [1.54, 1.807) is 0 Å². The molecule has 1 atom stereocenters. The number of carbonyl (C=O) groups excluding carboxylic acids is 1. The molecule has 104 valence electrons. The van der Waals surface area contributed by atoms with Gasteiger partial charge in [0.25, 0.3) is 0 Å². The molecule has 0 N–H and O–H groups in total. The Bertz CT molecular complexity index is 333. The number of halogens is 1. The zero-order valence-corrected chi connectivity index (χ0v) is 15.6. The first-order chi connectivity index (χ1) is 8.38. The van der Waals surface area contributed by atoms with Crippen LogP contribution in [0, 0.1) is 5.41 Å². The Hall–Kier alpha value is 0.299. The van der Waals surface area contributed by atoms with Crippen molar-refractivity contribution in [2.75, 3.05) is 13.0 Å². The van der Waals surface area contributed by atoms with Gasteiger partial charge in [-0.15, -0.1) is 0 Å². The number of ether oxygens (including phenoxy) is 1. The summed E-state index contributed by atoms with van der Waals surface area (Å²) in [6.45, 7) is 0. The second-order valence-corrected chi connectivity index (χ2v) is 20.9. The van der Waals surface area contributed by atoms with Crippen molar-refractivity contribution in [3.63, 3.8) is 0 Å². The summed E-state index contributed by atoms with van der Waals surface area (Å²) >= 11 is 3.56. The summed E-state index contributed by atoms with van der Waals surface area (Å²) < 4.78 is 6.57. The van der Waals surface area contributed by atoms with E-state index in [-0.39, 0.29) is 11.4 Å². The quantitative estimate of drug-likeness (QED) is 0.407. The van der Waals surface area contributed by atoms with Crippen molar-refractivity contribution in [1.29, 1.82) is 0 Å². The average molecular weight is 380 g/mol. The van der Waals surface area contributed by atoms with Gasteiger partial charge in [-0.1, -0.05) is 0 Å². The van der Waals surface area contributed by atoms with Gasteiger partial charge in [0.15, 0.2) is 0 Å². The Morgan fingerprint density at radius 3 is 2.67 bits per heavy atom. The van der Waals surface area contributed by atoms with Crippen LogP contribution < -0.4 is 0 Å². The van der Waals surface area contributed by atoms with Crippen molar-refractivity contribution in [3.8, 4) is 0 Å². The Kier molecular flexibility index (Phi) is 6.04. The summed E-state index contributed by atoms with van der Waals surface area (Å²) in [5.41, 5.74) is -0.351. The minimum atomic E-state index is -2.27. The third kappa shape index (κ3) is 3.44. The first kappa shape index (κ1) is 16.4. The molecule has 0 aromatic heterocycles. The summed E-state index contributed by atoms with van der Waals surface area (Å²) in [6, 6.07) is 0. The molecule has 0 saturated carbocycles. The van der Waals surface area contributed by atoms with Crippen molar-refractivity contribution >= 4 is 35.9 Å². The zero-order chi connectivity index (χ0) is 13.8. The first-order valence-electron chi connectivity index (χ1n) is 6.74. The summed E-state index contributed by atoms with van der Waals surface area (Å²) in [6.07, 6.45) is 7.21. The van der Waals surface area contributed by atoms with Crippen molar-refractivity contribution < 1.29 is 9.53 Å². The summed E-state index contributed by atoms with van der Waals surface area (Å²) in [7, 11) is 1.51. The van der Waals surface area contributed by atoms with E-state index in [0.717, 1.165) is 32.1 Å². The van der Waals surface area contributed by atoms with E-state index < -0.39 is 18.4 Å². The maximum atomic E-state index is 12.4. The summed E-state index contributed by atoms with van der Waals surface area (Å²) in [5, 5.41) is 0. The van der Waals surface area contributed by atoms with Crippen LogP contribution in [0.1, 0.15) is 32.1 Å². The molecule has 0 radical (unpaired) electrons. The van der Waals surface area contributed by atoms with Gasteiger partial charge in [-0.05, 0) is 0 Å². The van der Waals surface area contributed by atoms with Crippen molar-refractivity contribution in [2.24, 2.45) is 5.41 Å². The molecule has 4 heteroatoms. The van der Waals surface area contributed by atoms with E-state index in [0.29, 0.717) is 5.88 Å². The van der Waals surface area contributed by atoms with Gasteiger partial charge >= 0.3 is 120 Å². The van der Waals surface area contributed by atoms with Crippen LogP contribution >= 0.6 is 11.6 Å². The van der Waals surface area contributed by atoms with Gasteiger partial charge in [-0.2, -0.15) is 0 Å². The molecule has 0 saturated heterocycles. The Morgan fingerprint density at radius 2 is 2.17 bits per heavy atom. The molecule has 0 spiro atoms. The fourth-order valence-electron chi connectivity index (χ4n) is 3.14. The molecule has 18 heavy (non-hydrogen) atoms. The van der Waals surface area contributed by atoms with Crippen molar-refractivity contribution in [3.05, 3.63) is 9.67 Å². The minimum absolute atomic E-state index is 0.0369. The molecular formula is C14H25ClO2Sn. The standard InChI is InChI=1S/C11H16ClO2.3CH3.Sn/c1-14-10(13)11(8-5-9-12)6-3-2-4-7-11;;;;/h3H,2,4-5,7-9H2,1H3;3*1H3;. The van der Waals surface area contributed by atoms with Gasteiger partial charge in [0.1, 0.15) is 0 Å². The molecular weight excluding hydrogens is 354 g/mol.